The normalized spacial score (nSPS) is 26.7. The molecule has 3 heterocycles. The van der Waals surface area contributed by atoms with Gasteiger partial charge < -0.3 is 24.6 Å². The summed E-state index contributed by atoms with van der Waals surface area (Å²) < 4.78 is 21.9. The van der Waals surface area contributed by atoms with Crippen LogP contribution in [0.4, 0.5) is 0 Å². The van der Waals surface area contributed by atoms with Crippen molar-refractivity contribution in [2.24, 2.45) is 5.11 Å². The second-order valence-electron chi connectivity index (χ2n) is 5.09. The summed E-state index contributed by atoms with van der Waals surface area (Å²) >= 11 is 0. The summed E-state index contributed by atoms with van der Waals surface area (Å²) in [5, 5.41) is 13.7. The van der Waals surface area contributed by atoms with Crippen molar-refractivity contribution in [3.05, 3.63) is 33.5 Å². The van der Waals surface area contributed by atoms with E-state index in [0.29, 0.717) is 0 Å². The van der Waals surface area contributed by atoms with Crippen molar-refractivity contribution < 1.29 is 28.7 Å². The third-order valence-electron chi connectivity index (χ3n) is 3.57. The predicted octanol–water partition coefficient (Wildman–Crippen LogP) is -0.834. The number of aromatic nitrogens is 4. The molecule has 2 unspecified atom stereocenters. The van der Waals surface area contributed by atoms with Crippen molar-refractivity contribution in [3.63, 3.8) is 0 Å². The fourth-order valence-corrected chi connectivity index (χ4v) is 2.84. The average Bonchev–Trinajstić information content (AvgIpc) is 3.09. The van der Waals surface area contributed by atoms with Crippen LogP contribution in [0.5, 0.6) is 0 Å². The SMILES string of the molecule is [N-]=[N+]=NC1C(O)[C@@H](COP(=O)(O)O)O[C@H]1n1cnc2c(=O)[nH]cnc21. The molecule has 0 aliphatic carbocycles. The van der Waals surface area contributed by atoms with Crippen LogP contribution in [-0.2, 0) is 13.8 Å². The maximum Gasteiger partial charge on any atom is 0.469 e. The van der Waals surface area contributed by atoms with Gasteiger partial charge in [0.1, 0.15) is 18.4 Å². The Labute approximate surface area is 137 Å². The number of nitrogens with zero attached hydrogens (tertiary/aromatic N) is 6. The number of H-pyrrole nitrogens is 1. The van der Waals surface area contributed by atoms with Gasteiger partial charge in [-0.2, -0.15) is 0 Å². The Morgan fingerprint density at radius 1 is 1.52 bits per heavy atom. The van der Waals surface area contributed by atoms with Crippen LogP contribution in [-0.4, -0.2) is 59.3 Å². The Morgan fingerprint density at radius 2 is 2.28 bits per heavy atom. The summed E-state index contributed by atoms with van der Waals surface area (Å²) in [4.78, 5) is 42.1. The highest BCUT2D eigenvalue weighted by Gasteiger charge is 2.45. The Kier molecular flexibility index (Phi) is 4.58. The zero-order valence-electron chi connectivity index (χ0n) is 12.3. The number of rotatable bonds is 5. The third-order valence-corrected chi connectivity index (χ3v) is 4.05. The van der Waals surface area contributed by atoms with Gasteiger partial charge in [-0.1, -0.05) is 5.11 Å². The molecule has 1 aliphatic rings. The Hall–Kier alpha value is -2.31. The van der Waals surface area contributed by atoms with Crippen LogP contribution in [0.25, 0.3) is 21.6 Å². The van der Waals surface area contributed by atoms with Gasteiger partial charge in [0.05, 0.1) is 25.4 Å². The molecule has 14 nitrogen and oxygen atoms in total. The number of azide groups is 1. The van der Waals surface area contributed by atoms with Gasteiger partial charge >= 0.3 is 7.82 Å². The van der Waals surface area contributed by atoms with Crippen molar-refractivity contribution in [3.8, 4) is 0 Å². The predicted molar refractivity (Wildman–Crippen MR) is 79.0 cm³/mol. The molecule has 2 aromatic heterocycles. The van der Waals surface area contributed by atoms with E-state index in [4.69, 9.17) is 20.1 Å². The number of ether oxygens (including phenoxy) is 1. The van der Waals surface area contributed by atoms with Crippen LogP contribution in [0.2, 0.25) is 0 Å². The van der Waals surface area contributed by atoms with Crippen LogP contribution in [0.1, 0.15) is 6.23 Å². The number of nitrogens with one attached hydrogen (secondary N) is 1. The first-order valence-electron chi connectivity index (χ1n) is 6.80. The average molecular weight is 373 g/mol. The number of hydrogen-bond acceptors (Lipinski definition) is 8. The summed E-state index contributed by atoms with van der Waals surface area (Å²) in [5.41, 5.74) is 8.34. The van der Waals surface area contributed by atoms with Gasteiger partial charge in [-0.3, -0.25) is 13.9 Å². The summed E-state index contributed by atoms with van der Waals surface area (Å²) in [5.74, 6) is 0. The largest absolute Gasteiger partial charge is 0.469 e. The lowest BCUT2D eigenvalue weighted by atomic mass is 10.1. The first kappa shape index (κ1) is 17.5. The fraction of sp³-hybridized carbons (Fsp3) is 0.500. The van der Waals surface area contributed by atoms with Crippen molar-refractivity contribution >= 4 is 19.0 Å². The Balaban J connectivity index is 1.95. The van der Waals surface area contributed by atoms with Gasteiger partial charge in [0.15, 0.2) is 11.2 Å². The van der Waals surface area contributed by atoms with Crippen LogP contribution >= 0.6 is 7.82 Å². The number of fused-ring (bicyclic) bond motifs is 1. The molecule has 1 fully saturated rings. The molecule has 1 aliphatic heterocycles. The minimum atomic E-state index is -4.78. The van der Waals surface area contributed by atoms with Crippen molar-refractivity contribution in [2.75, 3.05) is 6.61 Å². The molecule has 0 aromatic carbocycles. The van der Waals surface area contributed by atoms with Crippen LogP contribution in [0.3, 0.4) is 0 Å². The number of hydrogen-bond donors (Lipinski definition) is 4. The standard InChI is InChI=1S/C10H12N7O7P/c11-16-15-5-7(18)4(1-23-25(20,21)22)24-10(5)17-3-14-6-8(17)12-2-13-9(6)19/h2-5,7,10,18H,1H2,(H,12,13,19)(H2,20,21,22)/t4-,5?,7?,10-/m1/s1. The molecule has 4 atom stereocenters. The van der Waals surface area contributed by atoms with Crippen molar-refractivity contribution in [1.29, 1.82) is 0 Å². The van der Waals surface area contributed by atoms with Crippen molar-refractivity contribution in [2.45, 2.75) is 24.5 Å². The number of aromatic amines is 1. The number of phosphoric ester groups is 1. The summed E-state index contributed by atoms with van der Waals surface area (Å²) in [7, 11) is -4.78. The quantitative estimate of drug-likeness (QED) is 0.223. The molecule has 0 spiro atoms. The third kappa shape index (κ3) is 3.41. The lowest BCUT2D eigenvalue weighted by Gasteiger charge is -2.16. The molecule has 25 heavy (non-hydrogen) atoms. The summed E-state index contributed by atoms with van der Waals surface area (Å²) in [6.07, 6.45) is -1.34. The van der Waals surface area contributed by atoms with E-state index in [1.165, 1.54) is 10.9 Å². The molecule has 0 bridgehead atoms. The first-order chi connectivity index (χ1) is 11.8. The number of phosphoric acid groups is 1. The van der Waals surface area contributed by atoms with Gasteiger partial charge in [-0.15, -0.1) is 0 Å². The zero-order valence-corrected chi connectivity index (χ0v) is 13.2. The molecule has 1 saturated heterocycles. The van der Waals surface area contributed by atoms with E-state index in [9.17, 15) is 14.5 Å². The fourth-order valence-electron chi connectivity index (χ4n) is 2.50. The van der Waals surface area contributed by atoms with Gasteiger partial charge in [0.2, 0.25) is 0 Å². The van der Waals surface area contributed by atoms with Gasteiger partial charge in [-0.25, -0.2) is 14.5 Å². The highest BCUT2D eigenvalue weighted by Crippen LogP contribution is 2.39. The lowest BCUT2D eigenvalue weighted by Crippen LogP contribution is -2.32. The topological polar surface area (TPSA) is 209 Å². The molecule has 0 amide bonds. The van der Waals surface area contributed by atoms with Crippen LogP contribution in [0, 0.1) is 0 Å². The molecule has 3 rings (SSSR count). The Bertz CT molecular complexity index is 931. The van der Waals surface area contributed by atoms with E-state index in [1.54, 1.807) is 0 Å². The molecule has 0 radical (unpaired) electrons. The van der Waals surface area contributed by atoms with Gasteiger partial charge in [0.25, 0.3) is 5.56 Å². The minimum absolute atomic E-state index is 0.00944. The first-order valence-corrected chi connectivity index (χ1v) is 8.33. The molecule has 2 aromatic rings. The second kappa shape index (κ2) is 6.54. The molecule has 15 heteroatoms. The monoisotopic (exact) mass is 373 g/mol. The second-order valence-corrected chi connectivity index (χ2v) is 6.33. The van der Waals surface area contributed by atoms with Crippen LogP contribution < -0.4 is 5.56 Å². The summed E-state index contributed by atoms with van der Waals surface area (Å²) in [6, 6.07) is -1.16. The molecule has 4 N–H and O–H groups in total. The van der Waals surface area contributed by atoms with E-state index in [-0.39, 0.29) is 11.2 Å². The highest BCUT2D eigenvalue weighted by atomic mass is 31.2. The highest BCUT2D eigenvalue weighted by molar-refractivity contribution is 7.46. The lowest BCUT2D eigenvalue weighted by molar-refractivity contribution is -0.0429. The van der Waals surface area contributed by atoms with Gasteiger partial charge in [0, 0.05) is 4.91 Å². The Morgan fingerprint density at radius 3 is 2.96 bits per heavy atom. The van der Waals surface area contributed by atoms with E-state index >= 15 is 0 Å². The number of aliphatic hydroxyl groups excluding tert-OH is 1. The van der Waals surface area contributed by atoms with Crippen molar-refractivity contribution in [1.82, 2.24) is 19.5 Å². The van der Waals surface area contributed by atoms with E-state index in [1.807, 2.05) is 0 Å². The zero-order chi connectivity index (χ0) is 18.2. The maximum atomic E-state index is 11.7. The number of imidazole rings is 1. The molecular formula is C10H12N7O7P. The number of aliphatic hydroxyl groups is 1. The van der Waals surface area contributed by atoms with Gasteiger partial charge in [-0.05, 0) is 5.53 Å². The van der Waals surface area contributed by atoms with E-state index in [0.717, 1.165) is 6.33 Å². The molecule has 0 saturated carbocycles. The van der Waals surface area contributed by atoms with E-state index in [2.05, 4.69) is 29.5 Å². The van der Waals surface area contributed by atoms with E-state index < -0.39 is 44.5 Å². The van der Waals surface area contributed by atoms with Crippen LogP contribution in [0.15, 0.2) is 22.6 Å². The molecule has 134 valence electrons. The molecular weight excluding hydrogens is 361 g/mol. The minimum Gasteiger partial charge on any atom is -0.390 e. The maximum absolute atomic E-state index is 11.7. The smallest absolute Gasteiger partial charge is 0.390 e. The summed E-state index contributed by atoms with van der Waals surface area (Å²) in [6.45, 7) is -0.639.